The zero-order valence-electron chi connectivity index (χ0n) is 16.1. The van der Waals surface area contributed by atoms with Gasteiger partial charge in [-0.15, -0.1) is 0 Å². The average Bonchev–Trinajstić information content (AvgIpc) is 2.90. The molecule has 30 heavy (non-hydrogen) atoms. The molecule has 0 saturated carbocycles. The van der Waals surface area contributed by atoms with Crippen molar-refractivity contribution in [2.24, 2.45) is 0 Å². The number of hydrogen-bond acceptors (Lipinski definition) is 3. The Morgan fingerprint density at radius 2 is 1.40 bits per heavy atom. The van der Waals surface area contributed by atoms with Gasteiger partial charge < -0.3 is 10.4 Å². The van der Waals surface area contributed by atoms with E-state index in [0.29, 0.717) is 5.56 Å². The topological polar surface area (TPSA) is 49.3 Å². The summed E-state index contributed by atoms with van der Waals surface area (Å²) in [5, 5.41) is 12.5. The fourth-order valence-corrected chi connectivity index (χ4v) is 4.64. The third kappa shape index (κ3) is 3.70. The summed E-state index contributed by atoms with van der Waals surface area (Å²) in [5.74, 6) is 0.208. The molecule has 4 aromatic rings. The highest BCUT2D eigenvalue weighted by Gasteiger charge is 2.19. The summed E-state index contributed by atoms with van der Waals surface area (Å²) in [6.45, 7) is 0. The van der Waals surface area contributed by atoms with Crippen molar-refractivity contribution < 1.29 is 9.90 Å². The van der Waals surface area contributed by atoms with Crippen LogP contribution >= 0.6 is 11.8 Å². The van der Waals surface area contributed by atoms with Gasteiger partial charge in [0.15, 0.2) is 0 Å². The van der Waals surface area contributed by atoms with Gasteiger partial charge in [0.25, 0.3) is 5.91 Å². The number of carbonyl (C=O) groups is 1. The van der Waals surface area contributed by atoms with E-state index in [1.54, 1.807) is 23.9 Å². The molecule has 1 amide bonds. The summed E-state index contributed by atoms with van der Waals surface area (Å²) in [6, 6.07) is 29.6. The number of rotatable bonds is 3. The Morgan fingerprint density at radius 3 is 2.17 bits per heavy atom. The van der Waals surface area contributed by atoms with Gasteiger partial charge in [-0.3, -0.25) is 4.79 Å². The highest BCUT2D eigenvalue weighted by Crippen LogP contribution is 2.39. The van der Waals surface area contributed by atoms with E-state index in [9.17, 15) is 9.90 Å². The molecule has 0 saturated heterocycles. The number of hydrogen-bond donors (Lipinski definition) is 2. The van der Waals surface area contributed by atoms with Gasteiger partial charge in [-0.05, 0) is 65.1 Å². The number of amides is 1. The predicted octanol–water partition coefficient (Wildman–Crippen LogP) is 6.37. The maximum absolute atomic E-state index is 12.6. The van der Waals surface area contributed by atoms with E-state index >= 15 is 0 Å². The number of aromatic hydroxyl groups is 1. The van der Waals surface area contributed by atoms with Gasteiger partial charge in [0, 0.05) is 9.79 Å². The van der Waals surface area contributed by atoms with Crippen molar-refractivity contribution in [3.05, 3.63) is 108 Å². The lowest BCUT2D eigenvalue weighted by Gasteiger charge is -2.10. The highest BCUT2D eigenvalue weighted by molar-refractivity contribution is 7.99. The summed E-state index contributed by atoms with van der Waals surface area (Å²) in [6.07, 6.45) is 0.788. The molecule has 4 heteroatoms. The van der Waals surface area contributed by atoms with Crippen molar-refractivity contribution in [2.45, 2.75) is 16.2 Å². The van der Waals surface area contributed by atoms with Crippen LogP contribution in [0.1, 0.15) is 21.5 Å². The number of benzene rings is 4. The Morgan fingerprint density at radius 1 is 0.733 bits per heavy atom. The van der Waals surface area contributed by atoms with E-state index in [4.69, 9.17) is 0 Å². The molecule has 1 aliphatic rings. The average molecular weight is 410 g/mol. The molecule has 0 spiro atoms. The first-order valence-electron chi connectivity index (χ1n) is 9.75. The van der Waals surface area contributed by atoms with Gasteiger partial charge in [0.05, 0.1) is 11.3 Å². The van der Waals surface area contributed by atoms with Crippen molar-refractivity contribution in [1.29, 1.82) is 0 Å². The molecule has 5 rings (SSSR count). The van der Waals surface area contributed by atoms with Crippen molar-refractivity contribution >= 4 is 23.4 Å². The molecule has 0 fully saturated rings. The number of fused-ring (bicyclic) bond motifs is 2. The fraction of sp³-hybridized carbons (Fsp3) is 0.0385. The van der Waals surface area contributed by atoms with Crippen LogP contribution in [0.25, 0.3) is 11.1 Å². The molecule has 0 unspecified atom stereocenters. The molecule has 4 aromatic carbocycles. The smallest absolute Gasteiger partial charge is 0.256 e. The first kappa shape index (κ1) is 18.5. The van der Waals surface area contributed by atoms with E-state index < -0.39 is 0 Å². The van der Waals surface area contributed by atoms with Crippen LogP contribution in [0, 0.1) is 0 Å². The zero-order valence-corrected chi connectivity index (χ0v) is 16.9. The summed E-state index contributed by atoms with van der Waals surface area (Å²) < 4.78 is 0. The van der Waals surface area contributed by atoms with E-state index in [0.717, 1.165) is 38.6 Å². The highest BCUT2D eigenvalue weighted by atomic mass is 32.2. The van der Waals surface area contributed by atoms with Gasteiger partial charge in [0.1, 0.15) is 5.75 Å². The number of phenols is 1. The fourth-order valence-electron chi connectivity index (χ4n) is 3.63. The van der Waals surface area contributed by atoms with Gasteiger partial charge in [-0.1, -0.05) is 66.4 Å². The lowest BCUT2D eigenvalue weighted by molar-refractivity contribution is 0.102. The minimum Gasteiger partial charge on any atom is -0.508 e. The lowest BCUT2D eigenvalue weighted by Crippen LogP contribution is -2.11. The van der Waals surface area contributed by atoms with Gasteiger partial charge in [-0.2, -0.15) is 0 Å². The Labute approximate surface area is 179 Å². The summed E-state index contributed by atoms with van der Waals surface area (Å²) in [7, 11) is 0. The third-order valence-corrected chi connectivity index (χ3v) is 6.36. The standard InChI is InChI=1S/C26H19NO2S/c28-21-12-10-20(11-13-21)19-8-5-17(6-9-19)15-18-7-14-25-23(16-18)27-26(29)22-3-1-2-4-24(22)30-25/h1-14,16,28H,15H2,(H,27,29). The molecular formula is C26H19NO2S. The van der Waals surface area contributed by atoms with Crippen LogP contribution in [0.3, 0.4) is 0 Å². The van der Waals surface area contributed by atoms with Gasteiger partial charge >= 0.3 is 0 Å². The van der Waals surface area contributed by atoms with Crippen molar-refractivity contribution in [2.75, 3.05) is 5.32 Å². The van der Waals surface area contributed by atoms with E-state index in [2.05, 4.69) is 47.8 Å². The second-order valence-electron chi connectivity index (χ2n) is 7.30. The monoisotopic (exact) mass is 409 g/mol. The van der Waals surface area contributed by atoms with Crippen LogP contribution in [0.5, 0.6) is 5.75 Å². The maximum Gasteiger partial charge on any atom is 0.256 e. The molecular weight excluding hydrogens is 390 g/mol. The van der Waals surface area contributed by atoms with Crippen LogP contribution in [0.2, 0.25) is 0 Å². The van der Waals surface area contributed by atoms with E-state index in [1.165, 1.54) is 5.56 Å². The number of nitrogens with one attached hydrogen (secondary N) is 1. The third-order valence-electron chi connectivity index (χ3n) is 5.21. The molecule has 1 heterocycles. The normalized spacial score (nSPS) is 12.5. The Balaban J connectivity index is 1.37. The van der Waals surface area contributed by atoms with Gasteiger partial charge in [0.2, 0.25) is 0 Å². The quantitative estimate of drug-likeness (QED) is 0.413. The molecule has 0 aliphatic carbocycles. The molecule has 146 valence electrons. The Bertz CT molecular complexity index is 1230. The molecule has 0 atom stereocenters. The Hall–Kier alpha value is -3.50. The number of anilines is 1. The van der Waals surface area contributed by atoms with Crippen molar-refractivity contribution in [3.63, 3.8) is 0 Å². The lowest BCUT2D eigenvalue weighted by atomic mass is 10.00. The second kappa shape index (κ2) is 7.73. The van der Waals surface area contributed by atoms with Crippen molar-refractivity contribution in [1.82, 2.24) is 0 Å². The molecule has 3 nitrogen and oxygen atoms in total. The van der Waals surface area contributed by atoms with Crippen LogP contribution < -0.4 is 5.32 Å². The van der Waals surface area contributed by atoms with Crippen LogP contribution in [0.4, 0.5) is 5.69 Å². The zero-order chi connectivity index (χ0) is 20.5. The predicted molar refractivity (Wildman–Crippen MR) is 121 cm³/mol. The van der Waals surface area contributed by atoms with Crippen LogP contribution in [-0.4, -0.2) is 11.0 Å². The number of phenolic OH excluding ortho intramolecular Hbond substituents is 1. The van der Waals surface area contributed by atoms with E-state index in [1.807, 2.05) is 36.4 Å². The SMILES string of the molecule is O=C1Nc2cc(Cc3ccc(-c4ccc(O)cc4)cc3)ccc2Sc2ccccc21. The molecule has 0 radical (unpaired) electrons. The van der Waals surface area contributed by atoms with Crippen LogP contribution in [-0.2, 0) is 6.42 Å². The summed E-state index contributed by atoms with van der Waals surface area (Å²) in [5.41, 5.74) is 6.11. The van der Waals surface area contributed by atoms with Gasteiger partial charge in [-0.25, -0.2) is 0 Å². The first-order valence-corrected chi connectivity index (χ1v) is 10.6. The Kier molecular flexibility index (Phi) is 4.77. The number of carbonyl (C=O) groups excluding carboxylic acids is 1. The van der Waals surface area contributed by atoms with Crippen molar-refractivity contribution in [3.8, 4) is 16.9 Å². The molecule has 0 aromatic heterocycles. The largest absolute Gasteiger partial charge is 0.508 e. The minimum absolute atomic E-state index is 0.0627. The first-order chi connectivity index (χ1) is 14.7. The summed E-state index contributed by atoms with van der Waals surface area (Å²) in [4.78, 5) is 14.6. The second-order valence-corrected chi connectivity index (χ2v) is 8.39. The minimum atomic E-state index is -0.0627. The summed E-state index contributed by atoms with van der Waals surface area (Å²) >= 11 is 1.62. The van der Waals surface area contributed by atoms with E-state index in [-0.39, 0.29) is 11.7 Å². The molecule has 2 N–H and O–H groups in total. The molecule has 0 bridgehead atoms. The molecule has 1 aliphatic heterocycles. The van der Waals surface area contributed by atoms with Crippen LogP contribution in [0.15, 0.2) is 101 Å². The maximum atomic E-state index is 12.6.